The zero-order chi connectivity index (χ0) is 25.5. The fraction of sp³-hybridized carbons (Fsp3) is 0.409. The van der Waals surface area contributed by atoms with Crippen molar-refractivity contribution in [1.29, 1.82) is 0 Å². The van der Waals surface area contributed by atoms with Crippen LogP contribution in [0.25, 0.3) is 0 Å². The monoisotopic (exact) mass is 542 g/mol. The molecule has 0 heterocycles. The van der Waals surface area contributed by atoms with E-state index in [1.165, 1.54) is 24.3 Å². The average Bonchev–Trinajstić information content (AvgIpc) is 2.77. The summed E-state index contributed by atoms with van der Waals surface area (Å²) in [6.07, 6.45) is -6.05. The summed E-state index contributed by atoms with van der Waals surface area (Å²) in [7, 11) is 1.72. The molecule has 0 amide bonds. The highest BCUT2D eigenvalue weighted by molar-refractivity contribution is 6.37. The highest BCUT2D eigenvalue weighted by Crippen LogP contribution is 2.36. The van der Waals surface area contributed by atoms with Crippen molar-refractivity contribution in [2.45, 2.75) is 30.8 Å². The van der Waals surface area contributed by atoms with Crippen molar-refractivity contribution >= 4 is 40.8 Å². The van der Waals surface area contributed by atoms with E-state index in [1.54, 1.807) is 12.1 Å². The van der Waals surface area contributed by atoms with Crippen LogP contribution >= 0.6 is 34.8 Å². The number of aliphatic hydroxyl groups is 2. The lowest BCUT2D eigenvalue weighted by atomic mass is 10.0. The predicted molar refractivity (Wildman–Crippen MR) is 122 cm³/mol. The molecule has 0 aromatic heterocycles. The first kappa shape index (κ1) is 28.4. The molecule has 0 spiro atoms. The van der Waals surface area contributed by atoms with Crippen molar-refractivity contribution in [1.82, 2.24) is 0 Å². The fourth-order valence-corrected chi connectivity index (χ4v) is 3.65. The van der Waals surface area contributed by atoms with Gasteiger partial charge in [0.05, 0.1) is 23.8 Å². The maximum Gasteiger partial charge on any atom is 0.457 e. The maximum atomic E-state index is 14.4. The SMILES string of the molecule is COC(=O)C(OC)C(O)(O)C(F)(F)Oc1ccc(Cc2cc(Cl)c(OCCCCl)c(Cl)c2)cc1. The molecule has 7 nitrogen and oxygen atoms in total. The third-order valence-electron chi connectivity index (χ3n) is 4.60. The van der Waals surface area contributed by atoms with E-state index in [9.17, 15) is 23.8 Å². The van der Waals surface area contributed by atoms with E-state index in [0.717, 1.165) is 19.8 Å². The smallest absolute Gasteiger partial charge is 0.457 e. The van der Waals surface area contributed by atoms with Crippen molar-refractivity contribution < 1.29 is 42.7 Å². The van der Waals surface area contributed by atoms with Crippen molar-refractivity contribution in [3.63, 3.8) is 0 Å². The molecule has 2 N–H and O–H groups in total. The second kappa shape index (κ2) is 12.2. The van der Waals surface area contributed by atoms with E-state index in [2.05, 4.69) is 14.2 Å². The number of carbonyl (C=O) groups excluding carboxylic acids is 1. The number of benzene rings is 2. The molecule has 34 heavy (non-hydrogen) atoms. The van der Waals surface area contributed by atoms with Crippen LogP contribution in [-0.4, -0.2) is 60.9 Å². The number of hydrogen-bond acceptors (Lipinski definition) is 7. The van der Waals surface area contributed by atoms with E-state index in [4.69, 9.17) is 39.5 Å². The number of carbonyl (C=O) groups is 1. The Morgan fingerprint density at radius 1 is 1.06 bits per heavy atom. The first-order chi connectivity index (χ1) is 16.0. The third kappa shape index (κ3) is 6.84. The van der Waals surface area contributed by atoms with E-state index in [0.29, 0.717) is 46.7 Å². The first-order valence-electron chi connectivity index (χ1n) is 9.84. The second-order valence-electron chi connectivity index (χ2n) is 7.08. The number of halogens is 5. The summed E-state index contributed by atoms with van der Waals surface area (Å²) in [5, 5.41) is 20.4. The Morgan fingerprint density at radius 3 is 2.15 bits per heavy atom. The Hall–Kier alpha value is -1.88. The van der Waals surface area contributed by atoms with Gasteiger partial charge in [-0.15, -0.1) is 11.6 Å². The highest BCUT2D eigenvalue weighted by Gasteiger charge is 2.63. The molecule has 12 heteroatoms. The van der Waals surface area contributed by atoms with Gasteiger partial charge in [0, 0.05) is 13.0 Å². The molecule has 0 aliphatic carbocycles. The summed E-state index contributed by atoms with van der Waals surface area (Å²) in [6, 6.07) is 8.72. The summed E-state index contributed by atoms with van der Waals surface area (Å²) in [4.78, 5) is 11.6. The topological polar surface area (TPSA) is 94.5 Å². The number of rotatable bonds is 12. The van der Waals surface area contributed by atoms with E-state index < -0.39 is 24.0 Å². The van der Waals surface area contributed by atoms with Gasteiger partial charge in [-0.1, -0.05) is 35.3 Å². The van der Waals surface area contributed by atoms with Gasteiger partial charge < -0.3 is 29.2 Å². The largest absolute Gasteiger partial charge is 0.490 e. The van der Waals surface area contributed by atoms with Crippen LogP contribution < -0.4 is 9.47 Å². The van der Waals surface area contributed by atoms with E-state index in [1.807, 2.05) is 0 Å². The third-order valence-corrected chi connectivity index (χ3v) is 5.43. The van der Waals surface area contributed by atoms with E-state index in [-0.39, 0.29) is 5.75 Å². The molecule has 1 atom stereocenters. The van der Waals surface area contributed by atoms with Crippen molar-refractivity contribution in [3.05, 3.63) is 57.6 Å². The van der Waals surface area contributed by atoms with Gasteiger partial charge in [0.15, 0.2) is 5.75 Å². The van der Waals surface area contributed by atoms with Gasteiger partial charge >= 0.3 is 17.9 Å². The molecule has 0 saturated heterocycles. The van der Waals surface area contributed by atoms with Crippen LogP contribution in [0.1, 0.15) is 17.5 Å². The van der Waals surface area contributed by atoms with Crippen LogP contribution in [0, 0.1) is 0 Å². The summed E-state index contributed by atoms with van der Waals surface area (Å²) < 4.78 is 47.6. The summed E-state index contributed by atoms with van der Waals surface area (Å²) in [5.74, 6) is -5.02. The Bertz CT molecular complexity index is 948. The number of alkyl halides is 3. The molecule has 0 saturated carbocycles. The normalized spacial score (nSPS) is 12.9. The number of ether oxygens (including phenoxy) is 4. The molecule has 0 bridgehead atoms. The summed E-state index contributed by atoms with van der Waals surface area (Å²) >= 11 is 18.1. The summed E-state index contributed by atoms with van der Waals surface area (Å²) in [6.45, 7) is 0.363. The minimum Gasteiger partial charge on any atom is -0.490 e. The van der Waals surface area contributed by atoms with Crippen LogP contribution in [0.3, 0.4) is 0 Å². The molecular formula is C22H23Cl3F2O7. The van der Waals surface area contributed by atoms with Crippen LogP contribution in [0.5, 0.6) is 11.5 Å². The average molecular weight is 544 g/mol. The van der Waals surface area contributed by atoms with Crippen molar-refractivity contribution in [2.75, 3.05) is 26.7 Å². The standard InChI is InChI=1S/C22H23Cl3F2O7/c1-31-19(20(28)32-2)21(29,30)22(26,27)34-15-6-4-13(5-7-15)10-14-11-16(24)18(17(25)12-14)33-9-3-8-23/h4-7,11-12,19,29-30H,3,8-10H2,1-2H3. The maximum absolute atomic E-state index is 14.4. The molecule has 0 aliphatic rings. The highest BCUT2D eigenvalue weighted by atomic mass is 35.5. The van der Waals surface area contributed by atoms with Gasteiger partial charge in [0.1, 0.15) is 5.75 Å². The lowest BCUT2D eigenvalue weighted by Crippen LogP contribution is -2.62. The van der Waals surface area contributed by atoms with Crippen molar-refractivity contribution in [2.24, 2.45) is 0 Å². The molecule has 0 aliphatic heterocycles. The van der Waals surface area contributed by atoms with Gasteiger partial charge in [-0.2, -0.15) is 8.78 Å². The molecular weight excluding hydrogens is 521 g/mol. The zero-order valence-corrected chi connectivity index (χ0v) is 20.5. The quantitative estimate of drug-likeness (QED) is 0.177. The van der Waals surface area contributed by atoms with E-state index >= 15 is 0 Å². The molecule has 188 valence electrons. The van der Waals surface area contributed by atoms with Crippen LogP contribution in [0.4, 0.5) is 8.78 Å². The second-order valence-corrected chi connectivity index (χ2v) is 8.28. The lowest BCUT2D eigenvalue weighted by molar-refractivity contribution is -0.392. The zero-order valence-electron chi connectivity index (χ0n) is 18.2. The molecule has 2 aromatic rings. The predicted octanol–water partition coefficient (Wildman–Crippen LogP) is 4.43. The molecule has 1 unspecified atom stereocenters. The summed E-state index contributed by atoms with van der Waals surface area (Å²) in [5.41, 5.74) is 1.44. The molecule has 2 aromatic carbocycles. The van der Waals surface area contributed by atoms with Crippen molar-refractivity contribution in [3.8, 4) is 11.5 Å². The van der Waals surface area contributed by atoms with Crippen LogP contribution in [0.15, 0.2) is 36.4 Å². The van der Waals surface area contributed by atoms with Crippen LogP contribution in [0.2, 0.25) is 10.0 Å². The van der Waals surface area contributed by atoms with Gasteiger partial charge in [0.2, 0.25) is 6.10 Å². The molecule has 0 radical (unpaired) electrons. The van der Waals surface area contributed by atoms with Gasteiger partial charge in [-0.25, -0.2) is 4.79 Å². The Balaban J connectivity index is 2.12. The fourth-order valence-electron chi connectivity index (χ4n) is 2.90. The Kier molecular flexibility index (Phi) is 10.2. The number of esters is 1. The molecule has 2 rings (SSSR count). The first-order valence-corrected chi connectivity index (χ1v) is 11.1. The minimum atomic E-state index is -4.62. The molecule has 0 fully saturated rings. The van der Waals surface area contributed by atoms with Gasteiger partial charge in [-0.3, -0.25) is 0 Å². The number of hydrogen-bond donors (Lipinski definition) is 2. The van der Waals surface area contributed by atoms with Gasteiger partial charge in [0.25, 0.3) is 0 Å². The van der Waals surface area contributed by atoms with Gasteiger partial charge in [-0.05, 0) is 48.2 Å². The Labute approximate surface area is 210 Å². The number of methoxy groups -OCH3 is 2. The lowest BCUT2D eigenvalue weighted by Gasteiger charge is -2.33. The van der Waals surface area contributed by atoms with Crippen LogP contribution in [-0.2, 0) is 20.7 Å². The Morgan fingerprint density at radius 2 is 1.65 bits per heavy atom. The minimum absolute atomic E-state index is 0.317.